The van der Waals surface area contributed by atoms with Gasteiger partial charge in [-0.1, -0.05) is 91.0 Å². The molecule has 2 aliphatic rings. The van der Waals surface area contributed by atoms with Gasteiger partial charge >= 0.3 is 6.09 Å². The van der Waals surface area contributed by atoms with E-state index in [9.17, 15) is 9.59 Å². The Labute approximate surface area is 277 Å². The summed E-state index contributed by atoms with van der Waals surface area (Å²) in [6.07, 6.45) is -3.33. The summed E-state index contributed by atoms with van der Waals surface area (Å²) < 4.78 is 37.9. The monoisotopic (exact) mass is 646 g/mol. The van der Waals surface area contributed by atoms with Crippen LogP contribution in [0.2, 0.25) is 0 Å². The number of likely N-dealkylation sites (tertiary alicyclic amines) is 1. The molecular weight excluding hydrogens is 600 g/mol. The van der Waals surface area contributed by atoms with Crippen molar-refractivity contribution >= 4 is 12.0 Å². The van der Waals surface area contributed by atoms with Gasteiger partial charge in [0.1, 0.15) is 30.0 Å². The number of hydrogen-bond acceptors (Lipinski definition) is 8. The van der Waals surface area contributed by atoms with Gasteiger partial charge in [-0.25, -0.2) is 4.79 Å². The van der Waals surface area contributed by atoms with Crippen LogP contribution >= 0.6 is 0 Å². The lowest BCUT2D eigenvalue weighted by atomic mass is 10.1. The number of benzene rings is 3. The zero-order valence-electron chi connectivity index (χ0n) is 27.6. The van der Waals surface area contributed by atoms with E-state index in [2.05, 4.69) is 5.32 Å². The van der Waals surface area contributed by atoms with E-state index in [-0.39, 0.29) is 25.5 Å². The first kappa shape index (κ1) is 34.5. The Hall–Kier alpha value is -3.80. The van der Waals surface area contributed by atoms with Crippen molar-refractivity contribution in [3.63, 3.8) is 0 Å². The molecule has 0 radical (unpaired) electrons. The number of carbonyl (C=O) groups excluding carboxylic acids is 2. The van der Waals surface area contributed by atoms with Crippen molar-refractivity contribution in [1.82, 2.24) is 10.2 Å². The molecular formula is C37H46N2O8. The fourth-order valence-corrected chi connectivity index (χ4v) is 5.74. The van der Waals surface area contributed by atoms with Gasteiger partial charge < -0.3 is 33.7 Å². The van der Waals surface area contributed by atoms with Crippen molar-refractivity contribution in [2.24, 2.45) is 0 Å². The smallest absolute Gasteiger partial charge is 0.411 e. The van der Waals surface area contributed by atoms with E-state index >= 15 is 0 Å². The average Bonchev–Trinajstić information content (AvgIpc) is 3.64. The molecule has 0 bridgehead atoms. The number of hydrogen-bond donors (Lipinski definition) is 1. The standard InChI is InChI=1S/C37H46N2O8/c1-37(2,3)47-36(41)39-21-29(20-30(39)34(40)38-4)45-35-33(44-24-28-18-12-7-13-19-28)32(43-23-27-16-10-6-11-17-27)31(46-35)25-42-22-26-14-8-5-9-15-26/h5-19,29-33,35H,20-25H2,1-4H3,(H,38,40)/t29-,30+,31+,32+,33-,35+/m1/s1. The van der Waals surface area contributed by atoms with E-state index in [1.807, 2.05) is 91.0 Å². The molecule has 2 aliphatic heterocycles. The van der Waals surface area contributed by atoms with Crippen molar-refractivity contribution in [1.29, 1.82) is 0 Å². The summed E-state index contributed by atoms with van der Waals surface area (Å²) >= 11 is 0. The van der Waals surface area contributed by atoms with Crippen LogP contribution in [0, 0.1) is 0 Å². The van der Waals surface area contributed by atoms with Gasteiger partial charge in [0.15, 0.2) is 6.29 Å². The highest BCUT2D eigenvalue weighted by Gasteiger charge is 2.50. The number of likely N-dealkylation sites (N-methyl/N-ethyl adjacent to an activating group) is 1. The average molecular weight is 647 g/mol. The maximum atomic E-state index is 13.1. The molecule has 10 nitrogen and oxygen atoms in total. The zero-order valence-corrected chi connectivity index (χ0v) is 27.6. The number of ether oxygens (including phenoxy) is 6. The van der Waals surface area contributed by atoms with Crippen LogP contribution < -0.4 is 5.32 Å². The molecule has 1 N–H and O–H groups in total. The van der Waals surface area contributed by atoms with Crippen LogP contribution in [0.1, 0.15) is 43.9 Å². The molecule has 0 spiro atoms. The Morgan fingerprint density at radius 3 is 1.87 bits per heavy atom. The third-order valence-electron chi connectivity index (χ3n) is 8.00. The lowest BCUT2D eigenvalue weighted by Gasteiger charge is -2.28. The Bertz CT molecular complexity index is 1400. The Kier molecular flexibility index (Phi) is 12.0. The minimum Gasteiger partial charge on any atom is -0.444 e. The molecule has 2 saturated heterocycles. The topological polar surface area (TPSA) is 105 Å². The molecule has 47 heavy (non-hydrogen) atoms. The number of nitrogens with zero attached hydrogens (tertiary/aromatic N) is 1. The molecule has 3 aromatic carbocycles. The largest absolute Gasteiger partial charge is 0.444 e. The molecule has 0 saturated carbocycles. The molecule has 3 aromatic rings. The highest BCUT2D eigenvalue weighted by atomic mass is 16.7. The molecule has 252 valence electrons. The van der Waals surface area contributed by atoms with Gasteiger partial charge in [0.2, 0.25) is 5.91 Å². The van der Waals surface area contributed by atoms with Crippen molar-refractivity contribution in [3.8, 4) is 0 Å². The van der Waals surface area contributed by atoms with Crippen LogP contribution in [0.5, 0.6) is 0 Å². The summed E-state index contributed by atoms with van der Waals surface area (Å²) in [5.74, 6) is -0.289. The predicted molar refractivity (Wildman–Crippen MR) is 175 cm³/mol. The summed E-state index contributed by atoms with van der Waals surface area (Å²) in [6, 6.07) is 29.0. The fraction of sp³-hybridized carbons (Fsp3) is 0.459. The number of amides is 2. The van der Waals surface area contributed by atoms with Gasteiger partial charge in [-0.15, -0.1) is 0 Å². The maximum Gasteiger partial charge on any atom is 0.411 e. The van der Waals surface area contributed by atoms with Crippen LogP contribution in [-0.2, 0) is 53.0 Å². The first-order valence-electron chi connectivity index (χ1n) is 16.1. The van der Waals surface area contributed by atoms with Gasteiger partial charge in [0, 0.05) is 13.5 Å². The van der Waals surface area contributed by atoms with E-state index in [0.717, 1.165) is 16.7 Å². The minimum absolute atomic E-state index is 0.156. The van der Waals surface area contributed by atoms with Gasteiger partial charge in [0.25, 0.3) is 0 Å². The first-order chi connectivity index (χ1) is 22.7. The third-order valence-corrected chi connectivity index (χ3v) is 8.00. The quantitative estimate of drug-likeness (QED) is 0.269. The molecule has 2 heterocycles. The zero-order chi connectivity index (χ0) is 33.2. The molecule has 10 heteroatoms. The van der Waals surface area contributed by atoms with Gasteiger partial charge in [0.05, 0.1) is 39.1 Å². The molecule has 5 rings (SSSR count). The maximum absolute atomic E-state index is 13.1. The predicted octanol–water partition coefficient (Wildman–Crippen LogP) is 5.24. The summed E-state index contributed by atoms with van der Waals surface area (Å²) in [6.45, 7) is 6.84. The number of carbonyl (C=O) groups is 2. The van der Waals surface area contributed by atoms with Gasteiger partial charge in [-0.05, 0) is 37.5 Å². The Morgan fingerprint density at radius 2 is 1.34 bits per heavy atom. The van der Waals surface area contributed by atoms with Crippen LogP contribution in [-0.4, -0.2) is 79.4 Å². The number of nitrogens with one attached hydrogen (secondary N) is 1. The molecule has 0 unspecified atom stereocenters. The molecule has 2 fully saturated rings. The fourth-order valence-electron chi connectivity index (χ4n) is 5.74. The van der Waals surface area contributed by atoms with E-state index in [0.29, 0.717) is 19.8 Å². The van der Waals surface area contributed by atoms with Crippen LogP contribution in [0.4, 0.5) is 4.79 Å². The number of rotatable bonds is 13. The van der Waals surface area contributed by atoms with Crippen molar-refractivity contribution < 1.29 is 38.0 Å². The van der Waals surface area contributed by atoms with Crippen molar-refractivity contribution in [2.45, 2.75) is 89.4 Å². The minimum atomic E-state index is -0.848. The molecule has 0 aromatic heterocycles. The summed E-state index contributed by atoms with van der Waals surface area (Å²) in [7, 11) is 1.55. The lowest BCUT2D eigenvalue weighted by Crippen LogP contribution is -2.46. The molecule has 0 aliphatic carbocycles. The van der Waals surface area contributed by atoms with E-state index in [1.165, 1.54) is 4.90 Å². The lowest BCUT2D eigenvalue weighted by molar-refractivity contribution is -0.204. The van der Waals surface area contributed by atoms with E-state index in [4.69, 9.17) is 28.4 Å². The van der Waals surface area contributed by atoms with Crippen LogP contribution in [0.25, 0.3) is 0 Å². The van der Waals surface area contributed by atoms with Crippen molar-refractivity contribution in [3.05, 3.63) is 108 Å². The highest BCUT2D eigenvalue weighted by molar-refractivity contribution is 5.86. The second-order valence-corrected chi connectivity index (χ2v) is 12.8. The normalized spacial score (nSPS) is 24.3. The second kappa shape index (κ2) is 16.3. The molecule has 6 atom stereocenters. The van der Waals surface area contributed by atoms with Gasteiger partial charge in [-0.2, -0.15) is 0 Å². The van der Waals surface area contributed by atoms with Crippen molar-refractivity contribution in [2.75, 3.05) is 20.2 Å². The SMILES string of the molecule is CNC(=O)[C@@H]1C[C@@H](O[C@H]2O[C@@H](COCc3ccccc3)[C@H](OCc3ccccc3)[C@H]2OCc2ccccc2)CN1C(=O)OC(C)(C)C. The second-order valence-electron chi connectivity index (χ2n) is 12.8. The Balaban J connectivity index is 1.36. The third kappa shape index (κ3) is 9.85. The van der Waals surface area contributed by atoms with E-state index in [1.54, 1.807) is 27.8 Å². The van der Waals surface area contributed by atoms with Gasteiger partial charge in [-0.3, -0.25) is 9.69 Å². The van der Waals surface area contributed by atoms with Crippen LogP contribution in [0.15, 0.2) is 91.0 Å². The summed E-state index contributed by atoms with van der Waals surface area (Å²) in [5, 5.41) is 2.66. The molecule has 2 amide bonds. The van der Waals surface area contributed by atoms with Crippen LogP contribution in [0.3, 0.4) is 0 Å². The summed E-state index contributed by atoms with van der Waals surface area (Å²) in [4.78, 5) is 27.4. The summed E-state index contributed by atoms with van der Waals surface area (Å²) in [5.41, 5.74) is 2.34. The first-order valence-corrected chi connectivity index (χ1v) is 16.1. The Morgan fingerprint density at radius 1 is 0.809 bits per heavy atom. The van der Waals surface area contributed by atoms with E-state index < -0.39 is 48.4 Å². The highest BCUT2D eigenvalue weighted by Crippen LogP contribution is 2.33.